The minimum absolute atomic E-state index is 0.0150. The molecule has 0 bridgehead atoms. The summed E-state index contributed by atoms with van der Waals surface area (Å²) in [6, 6.07) is 4.18. The number of hydrogen-bond acceptors (Lipinski definition) is 6. The summed E-state index contributed by atoms with van der Waals surface area (Å²) in [6.07, 6.45) is 0.961. The van der Waals surface area contributed by atoms with Crippen molar-refractivity contribution in [2.45, 2.75) is 19.9 Å². The number of ether oxygens (including phenoxy) is 3. The molecule has 0 radical (unpaired) electrons. The molecule has 1 aromatic rings. The molecule has 27 heavy (non-hydrogen) atoms. The van der Waals surface area contributed by atoms with E-state index in [-0.39, 0.29) is 30.4 Å². The average Bonchev–Trinajstić information content (AvgIpc) is 2.65. The number of nitrogens with one attached hydrogen (secondary N) is 2. The van der Waals surface area contributed by atoms with Gasteiger partial charge in [-0.15, -0.1) is 0 Å². The highest BCUT2D eigenvalue weighted by molar-refractivity contribution is 5.94. The van der Waals surface area contributed by atoms with Gasteiger partial charge in [-0.1, -0.05) is 6.07 Å². The van der Waals surface area contributed by atoms with Crippen LogP contribution in [0, 0.1) is 5.82 Å². The highest BCUT2D eigenvalue weighted by Crippen LogP contribution is 2.11. The molecule has 7 nitrogen and oxygen atoms in total. The van der Waals surface area contributed by atoms with Crippen LogP contribution in [0.1, 0.15) is 29.3 Å². The minimum Gasteiger partial charge on any atom is -0.379 e. The molecule has 0 aliphatic carbocycles. The Bertz CT molecular complexity index is 583. The Hall–Kier alpha value is -1.87. The summed E-state index contributed by atoms with van der Waals surface area (Å²) >= 11 is 0. The van der Waals surface area contributed by atoms with E-state index in [0.29, 0.717) is 38.6 Å². The van der Waals surface area contributed by atoms with Crippen molar-refractivity contribution in [1.82, 2.24) is 10.6 Å². The van der Waals surface area contributed by atoms with E-state index in [9.17, 15) is 14.0 Å². The zero-order valence-electron chi connectivity index (χ0n) is 16.0. The van der Waals surface area contributed by atoms with E-state index in [4.69, 9.17) is 14.2 Å². The molecule has 1 amide bonds. The van der Waals surface area contributed by atoms with Crippen molar-refractivity contribution in [2.24, 2.45) is 0 Å². The number of carbonyl (C=O) groups is 2. The smallest absolute Gasteiger partial charge is 0.246 e. The Kier molecular flexibility index (Phi) is 12.2. The maximum absolute atomic E-state index is 13.5. The van der Waals surface area contributed by atoms with Crippen molar-refractivity contribution in [3.8, 4) is 0 Å². The maximum atomic E-state index is 13.5. The van der Waals surface area contributed by atoms with Crippen LogP contribution in [-0.2, 0) is 25.5 Å². The van der Waals surface area contributed by atoms with Crippen molar-refractivity contribution < 1.29 is 28.2 Å². The number of Topliss-reactive ketones (excluding diaryl/α,β-unsaturated/α-hetero) is 1. The van der Waals surface area contributed by atoms with Crippen LogP contribution in [0.4, 0.5) is 4.39 Å². The van der Waals surface area contributed by atoms with E-state index in [1.54, 1.807) is 0 Å². The van der Waals surface area contributed by atoms with Gasteiger partial charge in [0.25, 0.3) is 0 Å². The molecule has 152 valence electrons. The zero-order chi connectivity index (χ0) is 19.9. The summed E-state index contributed by atoms with van der Waals surface area (Å²) in [7, 11) is 1.90. The van der Waals surface area contributed by atoms with Crippen molar-refractivity contribution in [3.63, 3.8) is 0 Å². The second kappa shape index (κ2) is 14.2. The highest BCUT2D eigenvalue weighted by Gasteiger charge is 2.09. The summed E-state index contributed by atoms with van der Waals surface area (Å²) in [6.45, 7) is 4.73. The van der Waals surface area contributed by atoms with Gasteiger partial charge >= 0.3 is 0 Å². The second-order valence-electron chi connectivity index (χ2n) is 5.88. The highest BCUT2D eigenvalue weighted by atomic mass is 19.1. The standard InChI is InChI=1S/C19H29FN2O5/c1-15(23)17-12-16(4-5-18(17)20)13-22-19(24)14-27-11-10-26-9-8-25-7-3-6-21-2/h4-5,12,21H,3,6-11,13-14H2,1-2H3,(H,22,24). The van der Waals surface area contributed by atoms with Gasteiger partial charge in [-0.3, -0.25) is 9.59 Å². The van der Waals surface area contributed by atoms with Crippen LogP contribution < -0.4 is 10.6 Å². The molecule has 0 aliphatic heterocycles. The Morgan fingerprint density at radius 1 is 1.04 bits per heavy atom. The minimum atomic E-state index is -0.565. The third-order valence-corrected chi connectivity index (χ3v) is 3.59. The maximum Gasteiger partial charge on any atom is 0.246 e. The topological polar surface area (TPSA) is 85.9 Å². The van der Waals surface area contributed by atoms with Crippen molar-refractivity contribution in [1.29, 1.82) is 0 Å². The van der Waals surface area contributed by atoms with Crippen LogP contribution in [0.5, 0.6) is 0 Å². The number of hydrogen-bond donors (Lipinski definition) is 2. The molecule has 0 fully saturated rings. The fourth-order valence-electron chi connectivity index (χ4n) is 2.16. The first-order chi connectivity index (χ1) is 13.0. The fraction of sp³-hybridized carbons (Fsp3) is 0.579. The van der Waals surface area contributed by atoms with E-state index in [1.165, 1.54) is 25.1 Å². The fourth-order valence-corrected chi connectivity index (χ4v) is 2.16. The molecule has 8 heteroatoms. The van der Waals surface area contributed by atoms with Crippen molar-refractivity contribution in [3.05, 3.63) is 35.1 Å². The van der Waals surface area contributed by atoms with Crippen molar-refractivity contribution in [2.75, 3.05) is 53.2 Å². The molecule has 0 unspecified atom stereocenters. The number of amides is 1. The van der Waals surface area contributed by atoms with Gasteiger partial charge < -0.3 is 24.8 Å². The average molecular weight is 384 g/mol. The predicted molar refractivity (Wildman–Crippen MR) is 99.3 cm³/mol. The number of carbonyl (C=O) groups excluding carboxylic acids is 2. The molecule has 2 N–H and O–H groups in total. The van der Waals surface area contributed by atoms with E-state index in [2.05, 4.69) is 10.6 Å². The van der Waals surface area contributed by atoms with E-state index >= 15 is 0 Å². The van der Waals surface area contributed by atoms with Gasteiger partial charge in [-0.25, -0.2) is 4.39 Å². The molecule has 0 heterocycles. The van der Waals surface area contributed by atoms with Crippen LogP contribution in [0.15, 0.2) is 18.2 Å². The third-order valence-electron chi connectivity index (χ3n) is 3.59. The Labute approximate surface area is 159 Å². The third kappa shape index (κ3) is 10.8. The number of halogens is 1. The molecule has 0 saturated carbocycles. The molecular formula is C19H29FN2O5. The van der Waals surface area contributed by atoms with Crippen LogP contribution in [0.2, 0.25) is 0 Å². The first-order valence-corrected chi connectivity index (χ1v) is 8.98. The lowest BCUT2D eigenvalue weighted by Crippen LogP contribution is -2.28. The zero-order valence-corrected chi connectivity index (χ0v) is 16.0. The van der Waals surface area contributed by atoms with E-state index < -0.39 is 5.82 Å². The normalized spacial score (nSPS) is 10.8. The summed E-state index contributed by atoms with van der Waals surface area (Å²) in [5, 5.41) is 5.70. The summed E-state index contributed by atoms with van der Waals surface area (Å²) in [4.78, 5) is 23.0. The monoisotopic (exact) mass is 384 g/mol. The van der Waals surface area contributed by atoms with Gasteiger partial charge in [0.1, 0.15) is 12.4 Å². The lowest BCUT2D eigenvalue weighted by atomic mass is 10.1. The largest absolute Gasteiger partial charge is 0.379 e. The summed E-state index contributed by atoms with van der Waals surface area (Å²) in [5.74, 6) is -1.21. The van der Waals surface area contributed by atoms with Crippen LogP contribution in [-0.4, -0.2) is 64.9 Å². The molecule has 1 aromatic carbocycles. The van der Waals surface area contributed by atoms with Crippen LogP contribution >= 0.6 is 0 Å². The summed E-state index contributed by atoms with van der Waals surface area (Å²) < 4.78 is 29.4. The van der Waals surface area contributed by atoms with Gasteiger partial charge in [0.05, 0.1) is 32.0 Å². The summed E-state index contributed by atoms with van der Waals surface area (Å²) in [5.41, 5.74) is 0.661. The molecule has 0 aliphatic rings. The predicted octanol–water partition coefficient (Wildman–Crippen LogP) is 1.30. The quantitative estimate of drug-likeness (QED) is 0.350. The van der Waals surface area contributed by atoms with Crippen LogP contribution in [0.3, 0.4) is 0 Å². The number of ketones is 1. The van der Waals surface area contributed by atoms with Crippen LogP contribution in [0.25, 0.3) is 0 Å². The second-order valence-corrected chi connectivity index (χ2v) is 5.88. The van der Waals surface area contributed by atoms with Gasteiger partial charge in [-0.2, -0.15) is 0 Å². The molecular weight excluding hydrogens is 355 g/mol. The number of benzene rings is 1. The Morgan fingerprint density at radius 2 is 1.70 bits per heavy atom. The van der Waals surface area contributed by atoms with E-state index in [0.717, 1.165) is 13.0 Å². The molecule has 0 spiro atoms. The number of rotatable bonds is 15. The molecule has 0 aromatic heterocycles. The first kappa shape index (κ1) is 23.2. The Balaban J connectivity index is 2.05. The van der Waals surface area contributed by atoms with Crippen molar-refractivity contribution >= 4 is 11.7 Å². The molecule has 1 rings (SSSR count). The lowest BCUT2D eigenvalue weighted by Gasteiger charge is -2.08. The van der Waals surface area contributed by atoms with Gasteiger partial charge in [0.15, 0.2) is 5.78 Å². The first-order valence-electron chi connectivity index (χ1n) is 8.98. The Morgan fingerprint density at radius 3 is 2.37 bits per heavy atom. The SMILES string of the molecule is CNCCCOCCOCCOCC(=O)NCc1ccc(F)c(C(C)=O)c1. The van der Waals surface area contributed by atoms with Gasteiger partial charge in [-0.05, 0) is 44.6 Å². The van der Waals surface area contributed by atoms with Gasteiger partial charge in [0.2, 0.25) is 5.91 Å². The lowest BCUT2D eigenvalue weighted by molar-refractivity contribution is -0.126. The van der Waals surface area contributed by atoms with Gasteiger partial charge in [0, 0.05) is 13.2 Å². The van der Waals surface area contributed by atoms with E-state index in [1.807, 2.05) is 7.05 Å². The molecule has 0 atom stereocenters. The molecule has 0 saturated heterocycles.